The van der Waals surface area contributed by atoms with Gasteiger partial charge in [-0.3, -0.25) is 24.6 Å². The lowest BCUT2D eigenvalue weighted by molar-refractivity contribution is -0.136. The van der Waals surface area contributed by atoms with Crippen molar-refractivity contribution in [1.82, 2.24) is 15.1 Å². The maximum Gasteiger partial charge on any atom is 0.258 e. The molecule has 2 fully saturated rings. The first-order valence-corrected chi connectivity index (χ1v) is 13.1. The van der Waals surface area contributed by atoms with Crippen LogP contribution in [-0.2, 0) is 29.3 Å². The van der Waals surface area contributed by atoms with E-state index in [9.17, 15) is 14.4 Å². The summed E-state index contributed by atoms with van der Waals surface area (Å²) in [7, 11) is 0. The molecule has 3 aliphatic heterocycles. The number of fused-ring (bicyclic) bond motifs is 1. The number of rotatable bonds is 7. The van der Waals surface area contributed by atoms with Crippen LogP contribution >= 0.6 is 0 Å². The number of benzene rings is 2. The number of carbonyl (C=O) groups is 3. The second-order valence-corrected chi connectivity index (χ2v) is 10.7. The van der Waals surface area contributed by atoms with Crippen LogP contribution in [0.15, 0.2) is 42.5 Å². The molecule has 2 aromatic carbocycles. The average molecular weight is 490 g/mol. The summed E-state index contributed by atoms with van der Waals surface area (Å²) < 4.78 is 6.10. The van der Waals surface area contributed by atoms with Crippen LogP contribution in [0.25, 0.3) is 0 Å². The SMILES string of the molecule is CC(C)C1CCN(Cc2ccc(COc3cccc4c3C(=O)N(C3CCC(=O)NC3=O)C4)cc2)CC1. The minimum atomic E-state index is -0.626. The molecular weight excluding hydrogens is 454 g/mol. The zero-order valence-electron chi connectivity index (χ0n) is 21.2. The Morgan fingerprint density at radius 1 is 0.972 bits per heavy atom. The number of likely N-dealkylation sites (tertiary alicyclic amines) is 1. The van der Waals surface area contributed by atoms with E-state index in [1.165, 1.54) is 18.4 Å². The highest BCUT2D eigenvalue weighted by Gasteiger charge is 2.40. The van der Waals surface area contributed by atoms with Crippen molar-refractivity contribution in [2.24, 2.45) is 11.8 Å². The van der Waals surface area contributed by atoms with Gasteiger partial charge < -0.3 is 9.64 Å². The Balaban J connectivity index is 1.18. The molecule has 2 saturated heterocycles. The number of hydrogen-bond donors (Lipinski definition) is 1. The standard InChI is InChI=1S/C29H35N3O4/c1-19(2)22-12-14-31(15-13-22)16-20-6-8-21(9-7-20)18-36-25-5-3-4-23-17-32(29(35)27(23)25)24-10-11-26(33)30-28(24)34/h3-9,19,22,24H,10-18H2,1-2H3,(H,30,33,34). The molecule has 36 heavy (non-hydrogen) atoms. The number of piperidine rings is 2. The van der Waals surface area contributed by atoms with Crippen molar-refractivity contribution >= 4 is 17.7 Å². The Morgan fingerprint density at radius 2 is 1.69 bits per heavy atom. The molecule has 0 saturated carbocycles. The summed E-state index contributed by atoms with van der Waals surface area (Å²) in [5.74, 6) is 1.25. The summed E-state index contributed by atoms with van der Waals surface area (Å²) in [6.45, 7) is 8.67. The lowest BCUT2D eigenvalue weighted by Gasteiger charge is -2.33. The maximum atomic E-state index is 13.2. The van der Waals surface area contributed by atoms with Crippen molar-refractivity contribution in [3.05, 3.63) is 64.7 Å². The van der Waals surface area contributed by atoms with Crippen LogP contribution in [-0.4, -0.2) is 46.7 Å². The van der Waals surface area contributed by atoms with Gasteiger partial charge in [-0.05, 0) is 66.9 Å². The third kappa shape index (κ3) is 5.16. The molecule has 1 unspecified atom stereocenters. The van der Waals surface area contributed by atoms with Crippen molar-refractivity contribution < 1.29 is 19.1 Å². The maximum absolute atomic E-state index is 13.2. The van der Waals surface area contributed by atoms with Gasteiger partial charge in [-0.1, -0.05) is 50.2 Å². The molecule has 3 amide bonds. The molecule has 3 heterocycles. The van der Waals surface area contributed by atoms with Gasteiger partial charge in [0.1, 0.15) is 18.4 Å². The Labute approximate surface area is 212 Å². The normalized spacial score (nSPS) is 21.1. The minimum Gasteiger partial charge on any atom is -0.488 e. The third-order valence-corrected chi connectivity index (χ3v) is 7.91. The lowest BCUT2D eigenvalue weighted by atomic mass is 9.86. The molecule has 0 aliphatic carbocycles. The molecule has 2 aromatic rings. The van der Waals surface area contributed by atoms with Crippen LogP contribution in [0.3, 0.4) is 0 Å². The van der Waals surface area contributed by atoms with Crippen LogP contribution in [0.4, 0.5) is 0 Å². The molecular formula is C29H35N3O4. The van der Waals surface area contributed by atoms with Crippen molar-refractivity contribution in [1.29, 1.82) is 0 Å². The van der Waals surface area contributed by atoms with Gasteiger partial charge in [-0.25, -0.2) is 0 Å². The second-order valence-electron chi connectivity index (χ2n) is 10.7. The lowest BCUT2D eigenvalue weighted by Crippen LogP contribution is -2.52. The van der Waals surface area contributed by atoms with Gasteiger partial charge in [0, 0.05) is 19.5 Å². The number of hydrogen-bond acceptors (Lipinski definition) is 5. The highest BCUT2D eigenvalue weighted by atomic mass is 16.5. The van der Waals surface area contributed by atoms with Gasteiger partial charge in [-0.15, -0.1) is 0 Å². The molecule has 1 N–H and O–H groups in total. The van der Waals surface area contributed by atoms with Crippen LogP contribution in [0, 0.1) is 11.8 Å². The first-order valence-electron chi connectivity index (χ1n) is 13.1. The zero-order valence-corrected chi connectivity index (χ0v) is 21.2. The fourth-order valence-electron chi connectivity index (χ4n) is 5.64. The van der Waals surface area contributed by atoms with Crippen LogP contribution in [0.5, 0.6) is 5.75 Å². The van der Waals surface area contributed by atoms with E-state index in [0.717, 1.165) is 42.6 Å². The number of amides is 3. The van der Waals surface area contributed by atoms with Crippen molar-refractivity contribution in [3.8, 4) is 5.75 Å². The summed E-state index contributed by atoms with van der Waals surface area (Å²) in [5, 5.41) is 2.35. The van der Waals surface area contributed by atoms with Crippen molar-refractivity contribution in [3.63, 3.8) is 0 Å². The van der Waals surface area contributed by atoms with E-state index in [2.05, 4.69) is 48.3 Å². The summed E-state index contributed by atoms with van der Waals surface area (Å²) >= 11 is 0. The largest absolute Gasteiger partial charge is 0.488 e. The molecule has 5 rings (SSSR count). The van der Waals surface area contributed by atoms with E-state index < -0.39 is 11.9 Å². The van der Waals surface area contributed by atoms with Gasteiger partial charge in [0.15, 0.2) is 0 Å². The molecule has 7 nitrogen and oxygen atoms in total. The van der Waals surface area contributed by atoms with Gasteiger partial charge >= 0.3 is 0 Å². The van der Waals surface area contributed by atoms with Gasteiger partial charge in [0.2, 0.25) is 11.8 Å². The van der Waals surface area contributed by atoms with Gasteiger partial charge in [0.25, 0.3) is 5.91 Å². The molecule has 1 atom stereocenters. The molecule has 0 aromatic heterocycles. The van der Waals surface area contributed by atoms with Crippen molar-refractivity contribution in [2.45, 2.75) is 65.3 Å². The van der Waals surface area contributed by atoms with E-state index in [1.807, 2.05) is 12.1 Å². The van der Waals surface area contributed by atoms with E-state index in [4.69, 9.17) is 4.74 Å². The summed E-state index contributed by atoms with van der Waals surface area (Å²) in [6, 6.07) is 13.5. The Morgan fingerprint density at radius 3 is 2.39 bits per heavy atom. The van der Waals surface area contributed by atoms with E-state index in [1.54, 1.807) is 11.0 Å². The smallest absolute Gasteiger partial charge is 0.258 e. The second kappa shape index (κ2) is 10.4. The number of ether oxygens (including phenoxy) is 1. The van der Waals surface area contributed by atoms with Gasteiger partial charge in [-0.2, -0.15) is 0 Å². The monoisotopic (exact) mass is 489 g/mol. The summed E-state index contributed by atoms with van der Waals surface area (Å²) in [4.78, 5) is 41.1. The molecule has 7 heteroatoms. The predicted molar refractivity (Wildman–Crippen MR) is 136 cm³/mol. The molecule has 190 valence electrons. The first-order chi connectivity index (χ1) is 17.4. The predicted octanol–water partition coefficient (Wildman–Crippen LogP) is 3.89. The van der Waals surface area contributed by atoms with E-state index in [0.29, 0.717) is 30.9 Å². The fraction of sp³-hybridized carbons (Fsp3) is 0.483. The Kier molecular flexibility index (Phi) is 7.10. The molecule has 0 bridgehead atoms. The van der Waals surface area contributed by atoms with Crippen molar-refractivity contribution in [2.75, 3.05) is 13.1 Å². The molecule has 3 aliphatic rings. The topological polar surface area (TPSA) is 79.0 Å². The number of carbonyl (C=O) groups excluding carboxylic acids is 3. The average Bonchev–Trinajstić information content (AvgIpc) is 3.20. The third-order valence-electron chi connectivity index (χ3n) is 7.91. The highest BCUT2D eigenvalue weighted by molar-refractivity contribution is 6.06. The number of nitrogens with one attached hydrogen (secondary N) is 1. The number of nitrogens with zero attached hydrogens (tertiary/aromatic N) is 2. The Hall–Kier alpha value is -3.19. The van der Waals surface area contributed by atoms with Crippen LogP contribution in [0.1, 0.15) is 66.6 Å². The number of imide groups is 1. The fourth-order valence-corrected chi connectivity index (χ4v) is 5.64. The molecule has 0 radical (unpaired) electrons. The first kappa shape index (κ1) is 24.5. The van der Waals surface area contributed by atoms with E-state index in [-0.39, 0.29) is 18.2 Å². The minimum absolute atomic E-state index is 0.216. The van der Waals surface area contributed by atoms with E-state index >= 15 is 0 Å². The quantitative estimate of drug-likeness (QED) is 0.597. The van der Waals surface area contributed by atoms with Gasteiger partial charge in [0.05, 0.1) is 5.56 Å². The summed E-state index contributed by atoms with van der Waals surface area (Å²) in [5.41, 5.74) is 3.71. The van der Waals surface area contributed by atoms with Crippen LogP contribution in [0.2, 0.25) is 0 Å². The molecule has 0 spiro atoms. The highest BCUT2D eigenvalue weighted by Crippen LogP contribution is 2.34. The summed E-state index contributed by atoms with van der Waals surface area (Å²) in [6.07, 6.45) is 3.16. The zero-order chi connectivity index (χ0) is 25.2. The Bertz CT molecular complexity index is 1140. The van der Waals surface area contributed by atoms with Crippen LogP contribution < -0.4 is 10.1 Å².